The van der Waals surface area contributed by atoms with Crippen molar-refractivity contribution in [2.75, 3.05) is 0 Å². The summed E-state index contributed by atoms with van der Waals surface area (Å²) in [6, 6.07) is 6.11. The van der Waals surface area contributed by atoms with Crippen LogP contribution >= 0.6 is 0 Å². The lowest BCUT2D eigenvalue weighted by Gasteiger charge is -2.31. The topological polar surface area (TPSA) is 41.5 Å². The normalized spacial score (nSPS) is 16.4. The summed E-state index contributed by atoms with van der Waals surface area (Å²) in [6.45, 7) is 47.2. The number of nitrogens with one attached hydrogen (secondary N) is 1. The van der Waals surface area contributed by atoms with E-state index >= 15 is 0 Å². The SMILES string of the molecule is C=C/C(F)=C(\C=C/C)N/C(C)=C(C)/C(=C\C(=C)c1ccc(C(C)(C)C(=O)C(C)C)c(C)c1)N=CCC.CC.CC(C)C.CCC(C)C.CCC1CC(C)C1. The van der Waals surface area contributed by atoms with Crippen LogP contribution in [0.2, 0.25) is 0 Å². The summed E-state index contributed by atoms with van der Waals surface area (Å²) < 4.78 is 14.2. The molecular weight excluding hydrogens is 664 g/mol. The number of Topliss-reactive ketones (excluding diaryl/α,β-unsaturated/α-hetero) is 1. The van der Waals surface area contributed by atoms with Gasteiger partial charge in [-0.1, -0.05) is 140 Å². The van der Waals surface area contributed by atoms with Crippen molar-refractivity contribution in [3.63, 3.8) is 0 Å². The fourth-order valence-corrected chi connectivity index (χ4v) is 5.45. The zero-order valence-electron chi connectivity index (χ0n) is 38.7. The molecule has 1 fully saturated rings. The van der Waals surface area contributed by atoms with Gasteiger partial charge >= 0.3 is 0 Å². The number of nitrogens with zero attached hydrogens (tertiary/aromatic N) is 1. The maximum atomic E-state index is 14.2. The first-order valence-corrected chi connectivity index (χ1v) is 20.8. The molecule has 0 atom stereocenters. The van der Waals surface area contributed by atoms with Gasteiger partial charge in [-0.05, 0) is 131 Å². The number of ketones is 1. The minimum absolute atomic E-state index is 0.0364. The molecule has 0 amide bonds. The van der Waals surface area contributed by atoms with Gasteiger partial charge in [0.25, 0.3) is 0 Å². The van der Waals surface area contributed by atoms with E-state index in [1.54, 1.807) is 12.2 Å². The molecule has 1 N–H and O–H groups in total. The Morgan fingerprint density at radius 2 is 1.56 bits per heavy atom. The predicted octanol–water partition coefficient (Wildman–Crippen LogP) is 15.9. The van der Waals surface area contributed by atoms with Crippen molar-refractivity contribution < 1.29 is 9.18 Å². The highest BCUT2D eigenvalue weighted by Crippen LogP contribution is 2.35. The molecule has 1 aliphatic carbocycles. The standard InChI is InChI=1S/C32H43FN2O.C7H14.C5H12.C4H10.C2H6/c1-12-15-29(28(33)14-3)35-25(9)24(8)30(34-18-13-2)20-22(6)26-16-17-27(23(7)19-26)32(10,11)31(36)21(4)5;1-3-7-4-6(2)5-7;1-4-5(2)3;1-4(2)3;1-2/h12,14-21,35H,3,6,13H2,1-2,4-5,7-11H3;6-7H,3-5H2,1-2H3;5H,4H2,1-3H3;4H,1-3H3;1-2H3/b15-12-,25-24+,29-28-,30-20+,34-18?;;;;. The molecule has 1 aliphatic rings. The second-order valence-electron chi connectivity index (χ2n) is 16.2. The molecule has 0 radical (unpaired) electrons. The highest BCUT2D eigenvalue weighted by Gasteiger charge is 2.32. The van der Waals surface area contributed by atoms with Gasteiger partial charge in [-0.15, -0.1) is 0 Å². The number of hydrogen-bond acceptors (Lipinski definition) is 3. The lowest BCUT2D eigenvalue weighted by molar-refractivity contribution is -0.126. The molecule has 0 aliphatic heterocycles. The number of hydrogen-bond donors (Lipinski definition) is 1. The van der Waals surface area contributed by atoms with E-state index in [1.807, 2.05) is 101 Å². The molecule has 54 heavy (non-hydrogen) atoms. The monoisotopic (exact) mass is 749 g/mol. The number of halogens is 1. The van der Waals surface area contributed by atoms with E-state index in [4.69, 9.17) is 0 Å². The molecule has 2 rings (SSSR count). The number of benzene rings is 1. The van der Waals surface area contributed by atoms with Gasteiger partial charge in [-0.3, -0.25) is 9.79 Å². The Morgan fingerprint density at radius 1 is 1.04 bits per heavy atom. The van der Waals surface area contributed by atoms with Crippen LogP contribution in [0.5, 0.6) is 0 Å². The minimum atomic E-state index is -0.564. The molecule has 0 saturated heterocycles. The third-order valence-electron chi connectivity index (χ3n) is 9.04. The molecule has 0 heterocycles. The van der Waals surface area contributed by atoms with Crippen LogP contribution in [0.25, 0.3) is 5.57 Å². The Labute approximate surface area is 335 Å². The molecule has 1 saturated carbocycles. The number of carbonyl (C=O) groups is 1. The number of allylic oxidation sites excluding steroid dienone is 8. The zero-order valence-corrected chi connectivity index (χ0v) is 38.7. The molecule has 1 aromatic carbocycles. The van der Waals surface area contributed by atoms with E-state index in [-0.39, 0.29) is 11.7 Å². The second-order valence-corrected chi connectivity index (χ2v) is 16.2. The van der Waals surface area contributed by atoms with Crippen LogP contribution in [0.3, 0.4) is 0 Å². The van der Waals surface area contributed by atoms with E-state index in [0.717, 1.165) is 69.3 Å². The largest absolute Gasteiger partial charge is 0.356 e. The van der Waals surface area contributed by atoms with E-state index in [2.05, 4.69) is 84.9 Å². The molecule has 0 bridgehead atoms. The van der Waals surface area contributed by atoms with Gasteiger partial charge in [-0.25, -0.2) is 4.39 Å². The van der Waals surface area contributed by atoms with E-state index < -0.39 is 11.2 Å². The smallest absolute Gasteiger partial charge is 0.146 e. The molecular formula is C50H85FN2O. The van der Waals surface area contributed by atoms with Crippen LogP contribution in [0, 0.1) is 36.5 Å². The Balaban J connectivity index is -0.00000118. The van der Waals surface area contributed by atoms with Crippen LogP contribution in [-0.4, -0.2) is 12.0 Å². The second kappa shape index (κ2) is 30.0. The first-order valence-electron chi connectivity index (χ1n) is 20.8. The summed E-state index contributed by atoms with van der Waals surface area (Å²) in [7, 11) is 0. The van der Waals surface area contributed by atoms with Gasteiger partial charge in [0, 0.05) is 23.2 Å². The van der Waals surface area contributed by atoms with Gasteiger partial charge in [0.2, 0.25) is 0 Å². The Morgan fingerprint density at radius 3 is 1.91 bits per heavy atom. The van der Waals surface area contributed by atoms with Crippen LogP contribution < -0.4 is 5.32 Å². The molecule has 0 aromatic heterocycles. The summed E-state index contributed by atoms with van der Waals surface area (Å²) >= 11 is 0. The third kappa shape index (κ3) is 22.2. The first kappa shape index (κ1) is 55.1. The van der Waals surface area contributed by atoms with Crippen molar-refractivity contribution in [1.29, 1.82) is 0 Å². The Bertz CT molecular complexity index is 1390. The Kier molecular flexibility index (Phi) is 30.6. The van der Waals surface area contributed by atoms with Gasteiger partial charge in [-0.2, -0.15) is 0 Å². The molecule has 3 nitrogen and oxygen atoms in total. The Hall–Kier alpha value is -3.27. The van der Waals surface area contributed by atoms with Crippen molar-refractivity contribution in [3.8, 4) is 0 Å². The molecule has 4 heteroatoms. The van der Waals surface area contributed by atoms with Crippen molar-refractivity contribution >= 4 is 17.6 Å². The maximum Gasteiger partial charge on any atom is 0.146 e. The van der Waals surface area contributed by atoms with Crippen LogP contribution in [0.1, 0.15) is 173 Å². The number of aliphatic imine (C=N–C) groups is 1. The lowest BCUT2D eigenvalue weighted by Crippen LogP contribution is -2.33. The van der Waals surface area contributed by atoms with Crippen LogP contribution in [-0.2, 0) is 10.2 Å². The van der Waals surface area contributed by atoms with E-state index in [1.165, 1.54) is 31.8 Å². The quantitative estimate of drug-likeness (QED) is 0.152. The molecule has 1 aromatic rings. The molecule has 0 unspecified atom stereocenters. The predicted molar refractivity (Wildman–Crippen MR) is 244 cm³/mol. The summed E-state index contributed by atoms with van der Waals surface area (Å²) in [5.41, 5.74) is 5.99. The van der Waals surface area contributed by atoms with Crippen LogP contribution in [0.4, 0.5) is 4.39 Å². The van der Waals surface area contributed by atoms with E-state index in [0.29, 0.717) is 5.70 Å². The fourth-order valence-electron chi connectivity index (χ4n) is 5.45. The van der Waals surface area contributed by atoms with Crippen LogP contribution in [0.15, 0.2) is 89.1 Å². The van der Waals surface area contributed by atoms with Crippen molar-refractivity contribution in [1.82, 2.24) is 5.32 Å². The van der Waals surface area contributed by atoms with E-state index in [9.17, 15) is 9.18 Å². The maximum absolute atomic E-state index is 14.2. The number of rotatable bonds is 14. The van der Waals surface area contributed by atoms with Gasteiger partial charge in [0.1, 0.15) is 11.6 Å². The summed E-state index contributed by atoms with van der Waals surface area (Å²) in [6.07, 6.45) is 14.9. The third-order valence-corrected chi connectivity index (χ3v) is 9.04. The number of carbonyl (C=O) groups excluding carboxylic acids is 1. The molecule has 0 spiro atoms. The molecule has 308 valence electrons. The highest BCUT2D eigenvalue weighted by molar-refractivity contribution is 5.91. The minimum Gasteiger partial charge on any atom is -0.356 e. The van der Waals surface area contributed by atoms with Gasteiger partial charge in [0.15, 0.2) is 0 Å². The van der Waals surface area contributed by atoms with Gasteiger partial charge < -0.3 is 5.32 Å². The van der Waals surface area contributed by atoms with Crippen molar-refractivity contribution in [2.45, 2.75) is 169 Å². The number of aryl methyl sites for hydroxylation is 1. The summed E-state index contributed by atoms with van der Waals surface area (Å²) in [5.74, 6) is 3.61. The lowest BCUT2D eigenvalue weighted by atomic mass is 9.74. The average molecular weight is 749 g/mol. The zero-order chi connectivity index (χ0) is 42.8. The summed E-state index contributed by atoms with van der Waals surface area (Å²) in [4.78, 5) is 17.5. The first-order chi connectivity index (χ1) is 25.1. The van der Waals surface area contributed by atoms with Crippen molar-refractivity contribution in [3.05, 3.63) is 101 Å². The fraction of sp³-hybridized carbons (Fsp3) is 0.600. The van der Waals surface area contributed by atoms with Crippen molar-refractivity contribution in [2.24, 2.45) is 34.6 Å². The average Bonchev–Trinajstić information content (AvgIpc) is 3.11. The van der Waals surface area contributed by atoms with Gasteiger partial charge in [0.05, 0.1) is 11.4 Å². The highest BCUT2D eigenvalue weighted by atomic mass is 19.1. The summed E-state index contributed by atoms with van der Waals surface area (Å²) in [5, 5.41) is 3.14.